The van der Waals surface area contributed by atoms with Gasteiger partial charge in [-0.2, -0.15) is 0 Å². The molecule has 0 N–H and O–H groups in total. The summed E-state index contributed by atoms with van der Waals surface area (Å²) < 4.78 is 0. The molecule has 2 aromatic rings. The van der Waals surface area contributed by atoms with Crippen LogP contribution in [0.2, 0.25) is 0 Å². The Morgan fingerprint density at radius 2 is 1.76 bits per heavy atom. The maximum Gasteiger partial charge on any atom is 0.269 e. The number of allylic oxidation sites excluding steroid dienone is 1. The molecule has 0 aliphatic carbocycles. The van der Waals surface area contributed by atoms with E-state index in [0.29, 0.717) is 11.3 Å². The van der Waals surface area contributed by atoms with E-state index in [0.717, 1.165) is 11.3 Å². The molecule has 0 radical (unpaired) electrons. The van der Waals surface area contributed by atoms with E-state index in [1.807, 2.05) is 30.1 Å². The minimum Gasteiger partial charge on any atom is -0.341 e. The third-order valence-electron chi connectivity index (χ3n) is 3.51. The molecule has 0 saturated carbocycles. The number of nitro benzene ring substituents is 1. The molecule has 0 bridgehead atoms. The number of rotatable bonds is 2. The number of Topliss-reactive ketones (excluding diaryl/α,β-unsaturated/α-hetero) is 1. The zero-order valence-electron chi connectivity index (χ0n) is 11.3. The van der Waals surface area contributed by atoms with Crippen molar-refractivity contribution in [2.24, 2.45) is 0 Å². The highest BCUT2D eigenvalue weighted by Gasteiger charge is 2.28. The van der Waals surface area contributed by atoms with Crippen LogP contribution in [0.15, 0.2) is 54.2 Å². The van der Waals surface area contributed by atoms with Crippen LogP contribution < -0.4 is 4.90 Å². The fourth-order valence-corrected chi connectivity index (χ4v) is 2.39. The maximum absolute atomic E-state index is 12.4. The molecule has 1 heterocycles. The van der Waals surface area contributed by atoms with Crippen LogP contribution in [0.4, 0.5) is 11.4 Å². The number of hydrogen-bond donors (Lipinski definition) is 0. The topological polar surface area (TPSA) is 63.4 Å². The summed E-state index contributed by atoms with van der Waals surface area (Å²) in [6.45, 7) is 0. The number of nitro groups is 1. The number of fused-ring (bicyclic) bond motifs is 1. The van der Waals surface area contributed by atoms with Crippen LogP contribution in [-0.4, -0.2) is 17.8 Å². The fraction of sp³-hybridized carbons (Fsp3) is 0.0625. The van der Waals surface area contributed by atoms with Crippen LogP contribution >= 0.6 is 0 Å². The Bertz CT molecular complexity index is 763. The van der Waals surface area contributed by atoms with E-state index in [-0.39, 0.29) is 11.5 Å². The van der Waals surface area contributed by atoms with Crippen molar-refractivity contribution in [1.82, 2.24) is 0 Å². The standard InChI is InChI=1S/C16H12N2O3/c1-17-14-5-3-2-4-13(14)16(19)15(17)10-11-6-8-12(9-7-11)18(20)21/h2-10H,1H3. The van der Waals surface area contributed by atoms with Gasteiger partial charge in [0.05, 0.1) is 16.3 Å². The maximum atomic E-state index is 12.4. The molecule has 21 heavy (non-hydrogen) atoms. The molecule has 0 amide bonds. The van der Waals surface area contributed by atoms with Gasteiger partial charge in [-0.1, -0.05) is 12.1 Å². The van der Waals surface area contributed by atoms with Crippen molar-refractivity contribution in [2.45, 2.75) is 0 Å². The second-order valence-corrected chi connectivity index (χ2v) is 4.78. The average Bonchev–Trinajstić information content (AvgIpc) is 2.73. The van der Waals surface area contributed by atoms with Gasteiger partial charge < -0.3 is 4.90 Å². The largest absolute Gasteiger partial charge is 0.341 e. The molecule has 1 aliphatic heterocycles. The van der Waals surface area contributed by atoms with Gasteiger partial charge in [-0.15, -0.1) is 0 Å². The smallest absolute Gasteiger partial charge is 0.269 e. The second-order valence-electron chi connectivity index (χ2n) is 4.78. The first-order valence-electron chi connectivity index (χ1n) is 6.41. The number of para-hydroxylation sites is 1. The van der Waals surface area contributed by atoms with Crippen LogP contribution in [0.1, 0.15) is 15.9 Å². The molecule has 0 unspecified atom stereocenters. The first-order chi connectivity index (χ1) is 10.1. The Hall–Kier alpha value is -2.95. The first kappa shape index (κ1) is 13.1. The predicted molar refractivity (Wildman–Crippen MR) is 80.2 cm³/mol. The van der Waals surface area contributed by atoms with Gasteiger partial charge in [-0.25, -0.2) is 0 Å². The Morgan fingerprint density at radius 1 is 1.10 bits per heavy atom. The molecule has 0 saturated heterocycles. The summed E-state index contributed by atoms with van der Waals surface area (Å²) in [5.74, 6) is -0.0357. The minimum atomic E-state index is -0.445. The minimum absolute atomic E-state index is 0.0338. The molecular weight excluding hydrogens is 268 g/mol. The highest BCUT2D eigenvalue weighted by molar-refractivity contribution is 6.21. The van der Waals surface area contributed by atoms with Gasteiger partial charge >= 0.3 is 0 Å². The SMILES string of the molecule is CN1C(=Cc2ccc([N+](=O)[O-])cc2)C(=O)c2ccccc21. The van der Waals surface area contributed by atoms with Gasteiger partial charge in [0, 0.05) is 24.7 Å². The summed E-state index contributed by atoms with van der Waals surface area (Å²) in [5.41, 5.74) is 2.89. The number of likely N-dealkylation sites (N-methyl/N-ethyl adjacent to an activating group) is 1. The number of ketones is 1. The summed E-state index contributed by atoms with van der Waals surface area (Å²) >= 11 is 0. The zero-order chi connectivity index (χ0) is 15.0. The molecule has 0 aromatic heterocycles. The van der Waals surface area contributed by atoms with Crippen molar-refractivity contribution in [1.29, 1.82) is 0 Å². The van der Waals surface area contributed by atoms with Gasteiger partial charge in [0.25, 0.3) is 5.69 Å². The van der Waals surface area contributed by atoms with E-state index < -0.39 is 4.92 Å². The molecule has 5 nitrogen and oxygen atoms in total. The zero-order valence-corrected chi connectivity index (χ0v) is 11.3. The van der Waals surface area contributed by atoms with E-state index in [1.54, 1.807) is 24.3 Å². The lowest BCUT2D eigenvalue weighted by Crippen LogP contribution is -2.13. The Balaban J connectivity index is 1.98. The molecule has 104 valence electrons. The van der Waals surface area contributed by atoms with E-state index in [2.05, 4.69) is 0 Å². The molecule has 1 aliphatic rings. The van der Waals surface area contributed by atoms with E-state index in [9.17, 15) is 14.9 Å². The molecule has 3 rings (SSSR count). The van der Waals surface area contributed by atoms with Crippen LogP contribution in [0.3, 0.4) is 0 Å². The Labute approximate surface area is 121 Å². The summed E-state index contributed by atoms with van der Waals surface area (Å²) in [5, 5.41) is 10.6. The van der Waals surface area contributed by atoms with Crippen LogP contribution in [-0.2, 0) is 0 Å². The third-order valence-corrected chi connectivity index (χ3v) is 3.51. The highest BCUT2D eigenvalue weighted by atomic mass is 16.6. The van der Waals surface area contributed by atoms with Crippen molar-refractivity contribution in [3.05, 3.63) is 75.5 Å². The van der Waals surface area contributed by atoms with Crippen molar-refractivity contribution in [3.63, 3.8) is 0 Å². The van der Waals surface area contributed by atoms with E-state index in [1.165, 1.54) is 12.1 Å². The van der Waals surface area contributed by atoms with Crippen molar-refractivity contribution < 1.29 is 9.72 Å². The van der Waals surface area contributed by atoms with E-state index >= 15 is 0 Å². The van der Waals surface area contributed by atoms with Crippen LogP contribution in [0, 0.1) is 10.1 Å². The van der Waals surface area contributed by atoms with Crippen molar-refractivity contribution in [2.75, 3.05) is 11.9 Å². The Kier molecular flexibility index (Phi) is 3.02. The fourth-order valence-electron chi connectivity index (χ4n) is 2.39. The van der Waals surface area contributed by atoms with Gasteiger partial charge in [-0.05, 0) is 35.9 Å². The molecule has 0 atom stereocenters. The van der Waals surface area contributed by atoms with E-state index in [4.69, 9.17) is 0 Å². The summed E-state index contributed by atoms with van der Waals surface area (Å²) in [6.07, 6.45) is 1.74. The molecule has 2 aromatic carbocycles. The number of non-ortho nitro benzene ring substituents is 1. The van der Waals surface area contributed by atoms with Crippen LogP contribution in [0.5, 0.6) is 0 Å². The lowest BCUT2D eigenvalue weighted by molar-refractivity contribution is -0.384. The normalized spacial score (nSPS) is 15.4. The lowest BCUT2D eigenvalue weighted by Gasteiger charge is -2.13. The number of carbonyl (C=O) groups is 1. The predicted octanol–water partition coefficient (Wildman–Crippen LogP) is 3.27. The molecule has 5 heteroatoms. The molecule has 0 fully saturated rings. The quantitative estimate of drug-likeness (QED) is 0.481. The van der Waals surface area contributed by atoms with Crippen molar-refractivity contribution in [3.8, 4) is 0 Å². The van der Waals surface area contributed by atoms with Crippen LogP contribution in [0.25, 0.3) is 6.08 Å². The number of benzene rings is 2. The monoisotopic (exact) mass is 280 g/mol. The number of carbonyl (C=O) groups excluding carboxylic acids is 1. The molecule has 0 spiro atoms. The van der Waals surface area contributed by atoms with Crippen molar-refractivity contribution >= 4 is 23.2 Å². The number of anilines is 1. The Morgan fingerprint density at radius 3 is 2.38 bits per heavy atom. The first-order valence-corrected chi connectivity index (χ1v) is 6.41. The second kappa shape index (κ2) is 4.86. The van der Waals surface area contributed by atoms with Gasteiger partial charge in [-0.3, -0.25) is 14.9 Å². The summed E-state index contributed by atoms with van der Waals surface area (Å²) in [4.78, 5) is 24.4. The summed E-state index contributed by atoms with van der Waals surface area (Å²) in [6, 6.07) is 13.5. The lowest BCUT2D eigenvalue weighted by atomic mass is 10.1. The number of hydrogen-bond acceptors (Lipinski definition) is 4. The molecular formula is C16H12N2O3. The summed E-state index contributed by atoms with van der Waals surface area (Å²) in [7, 11) is 1.83. The van der Waals surface area contributed by atoms with Gasteiger partial charge in [0.2, 0.25) is 5.78 Å². The number of nitrogens with zero attached hydrogens (tertiary/aromatic N) is 2. The third kappa shape index (κ3) is 2.18. The van der Waals surface area contributed by atoms with Gasteiger partial charge in [0.1, 0.15) is 0 Å². The average molecular weight is 280 g/mol. The van der Waals surface area contributed by atoms with Gasteiger partial charge in [0.15, 0.2) is 0 Å². The highest BCUT2D eigenvalue weighted by Crippen LogP contribution is 2.33.